The lowest BCUT2D eigenvalue weighted by molar-refractivity contribution is 0.0397. The molecule has 4 rings (SSSR count). The number of primary amides is 1. The number of aromatic nitrogens is 2. The highest BCUT2D eigenvalue weighted by Gasteiger charge is 2.42. The minimum atomic E-state index is -3.27. The van der Waals surface area contributed by atoms with E-state index in [0.29, 0.717) is 23.2 Å². The minimum Gasteiger partial charge on any atom is -0.381 e. The zero-order valence-electron chi connectivity index (χ0n) is 19.8. The van der Waals surface area contributed by atoms with E-state index in [4.69, 9.17) is 10.5 Å². The van der Waals surface area contributed by atoms with E-state index in [2.05, 4.69) is 24.0 Å². The summed E-state index contributed by atoms with van der Waals surface area (Å²) < 4.78 is 29.8. The summed E-state index contributed by atoms with van der Waals surface area (Å²) in [5, 5.41) is 9.50. The van der Waals surface area contributed by atoms with Crippen LogP contribution in [0.4, 0.5) is 5.69 Å². The Morgan fingerprint density at radius 3 is 2.21 bits per heavy atom. The molecule has 1 aromatic heterocycles. The Bertz CT molecular complexity index is 1310. The van der Waals surface area contributed by atoms with Gasteiger partial charge in [-0.1, -0.05) is 18.2 Å². The van der Waals surface area contributed by atoms with Crippen LogP contribution in [-0.2, 0) is 14.6 Å². The molecule has 34 heavy (non-hydrogen) atoms. The van der Waals surface area contributed by atoms with Crippen LogP contribution in [0.5, 0.6) is 0 Å². The summed E-state index contributed by atoms with van der Waals surface area (Å²) in [6.45, 7) is 7.23. The molecular weight excluding hydrogens is 452 g/mol. The van der Waals surface area contributed by atoms with E-state index in [-0.39, 0.29) is 16.6 Å². The number of carbonyl (C=O) groups is 1. The van der Waals surface area contributed by atoms with Crippen molar-refractivity contribution >= 4 is 32.3 Å². The third-order valence-corrected chi connectivity index (χ3v) is 8.18. The fourth-order valence-electron chi connectivity index (χ4n) is 5.20. The van der Waals surface area contributed by atoms with Gasteiger partial charge in [0.25, 0.3) is 5.91 Å². The topological polar surface area (TPSA) is 112 Å². The van der Waals surface area contributed by atoms with Crippen molar-refractivity contribution in [2.24, 2.45) is 5.73 Å². The van der Waals surface area contributed by atoms with Crippen LogP contribution in [0.3, 0.4) is 0 Å². The predicted octanol–water partition coefficient (Wildman–Crippen LogP) is 3.33. The van der Waals surface area contributed by atoms with Gasteiger partial charge >= 0.3 is 0 Å². The molecule has 0 saturated carbocycles. The smallest absolute Gasteiger partial charge is 0.275 e. The molecular formula is C25H31N4O4S+. The first-order valence-electron chi connectivity index (χ1n) is 11.6. The highest BCUT2D eigenvalue weighted by molar-refractivity contribution is 7.90. The third-order valence-electron chi connectivity index (χ3n) is 7.05. The van der Waals surface area contributed by atoms with Crippen molar-refractivity contribution in [1.29, 1.82) is 0 Å². The maximum atomic E-state index is 12.5. The molecule has 1 amide bonds. The number of fused-ring (bicyclic) bond motifs is 1. The average molecular weight is 484 g/mol. The molecule has 180 valence electrons. The molecule has 0 unspecified atom stereocenters. The third kappa shape index (κ3) is 4.31. The summed E-state index contributed by atoms with van der Waals surface area (Å²) in [7, 11) is -3.27. The summed E-state index contributed by atoms with van der Waals surface area (Å²) in [5.41, 5.74) is 9.25. The lowest BCUT2D eigenvalue weighted by atomic mass is 9.97. The number of hydrogen-bond donors (Lipinski definition) is 1. The predicted molar refractivity (Wildman–Crippen MR) is 133 cm³/mol. The van der Waals surface area contributed by atoms with E-state index in [0.717, 1.165) is 48.1 Å². The Kier molecular flexibility index (Phi) is 6.71. The number of nitrogens with zero attached hydrogens (tertiary/aromatic N) is 3. The Morgan fingerprint density at radius 2 is 1.65 bits per heavy atom. The van der Waals surface area contributed by atoms with E-state index in [9.17, 15) is 13.2 Å². The zero-order valence-corrected chi connectivity index (χ0v) is 20.6. The molecule has 1 aliphatic heterocycles. The second-order valence-electron chi connectivity index (χ2n) is 8.80. The monoisotopic (exact) mass is 483 g/mol. The first kappa shape index (κ1) is 24.3. The Morgan fingerprint density at radius 1 is 1.03 bits per heavy atom. The van der Waals surface area contributed by atoms with Gasteiger partial charge in [-0.15, -0.1) is 10.2 Å². The van der Waals surface area contributed by atoms with Crippen molar-refractivity contribution in [3.05, 3.63) is 48.2 Å². The standard InChI is InChI=1S/C25H30N4O4S/c1-4-29(5-2,19-12-14-33-15-13-19)24-21-11-8-18(16-22(21)27-28-23(24)25(26)30)17-6-9-20(10-7-17)34(3,31)32/h6-11,16,19H,4-5,12-15H2,1-3H3,(H-,26,30)/p+1. The van der Waals surface area contributed by atoms with Crippen molar-refractivity contribution in [1.82, 2.24) is 14.7 Å². The largest absolute Gasteiger partial charge is 0.381 e. The molecule has 8 nitrogen and oxygen atoms in total. The van der Waals surface area contributed by atoms with Gasteiger partial charge in [-0.2, -0.15) is 0 Å². The quantitative estimate of drug-likeness (QED) is 0.516. The van der Waals surface area contributed by atoms with Crippen LogP contribution in [0.2, 0.25) is 0 Å². The van der Waals surface area contributed by atoms with Crippen LogP contribution in [0.15, 0.2) is 47.4 Å². The van der Waals surface area contributed by atoms with Crippen LogP contribution in [0, 0.1) is 0 Å². The lowest BCUT2D eigenvalue weighted by Crippen LogP contribution is -2.59. The first-order chi connectivity index (χ1) is 16.2. The second kappa shape index (κ2) is 9.40. The lowest BCUT2D eigenvalue weighted by Gasteiger charge is -2.45. The number of carbonyl (C=O) groups excluding carboxylic acids is 1. The summed E-state index contributed by atoms with van der Waals surface area (Å²) in [5.74, 6) is -0.582. The van der Waals surface area contributed by atoms with Gasteiger partial charge in [0.1, 0.15) is 0 Å². The van der Waals surface area contributed by atoms with Gasteiger partial charge in [-0.25, -0.2) is 8.42 Å². The van der Waals surface area contributed by atoms with Crippen molar-refractivity contribution < 1.29 is 17.9 Å². The molecule has 9 heteroatoms. The molecule has 2 N–H and O–H groups in total. The molecule has 1 saturated heterocycles. The van der Waals surface area contributed by atoms with Crippen molar-refractivity contribution in [2.45, 2.75) is 37.6 Å². The minimum absolute atomic E-state index is 0.216. The SMILES string of the molecule is CC[N+](CC)(c1c(C(N)=O)nnc2cc(-c3ccc(S(C)(=O)=O)cc3)ccc12)C1CCOCC1. The molecule has 0 bridgehead atoms. The molecule has 3 aromatic rings. The number of benzene rings is 2. The fourth-order valence-corrected chi connectivity index (χ4v) is 5.83. The molecule has 1 fully saturated rings. The number of sulfone groups is 1. The van der Waals surface area contributed by atoms with E-state index in [1.54, 1.807) is 24.3 Å². The van der Waals surface area contributed by atoms with Gasteiger partial charge in [-0.05, 0) is 49.2 Å². The summed E-state index contributed by atoms with van der Waals surface area (Å²) in [6, 6.07) is 12.9. The normalized spacial score (nSPS) is 15.5. The molecule has 1 aliphatic rings. The maximum Gasteiger partial charge on any atom is 0.275 e. The van der Waals surface area contributed by atoms with Gasteiger partial charge in [0.05, 0.1) is 48.1 Å². The van der Waals surface area contributed by atoms with E-state index in [1.165, 1.54) is 6.26 Å². The number of ether oxygens (including phenoxy) is 1. The first-order valence-corrected chi connectivity index (χ1v) is 13.5. The van der Waals surface area contributed by atoms with E-state index in [1.807, 2.05) is 18.2 Å². The van der Waals surface area contributed by atoms with E-state index >= 15 is 0 Å². The molecule has 0 atom stereocenters. The highest BCUT2D eigenvalue weighted by atomic mass is 32.2. The van der Waals surface area contributed by atoms with E-state index < -0.39 is 15.7 Å². The van der Waals surface area contributed by atoms with Crippen molar-refractivity contribution in [3.63, 3.8) is 0 Å². The van der Waals surface area contributed by atoms with Crippen molar-refractivity contribution in [2.75, 3.05) is 32.6 Å². The molecule has 0 aliphatic carbocycles. The van der Waals surface area contributed by atoms with Crippen LogP contribution in [0.25, 0.3) is 22.0 Å². The molecule has 2 heterocycles. The van der Waals surface area contributed by atoms with Crippen LogP contribution < -0.4 is 10.2 Å². The molecule has 0 spiro atoms. The van der Waals surface area contributed by atoms with Gasteiger partial charge in [-0.3, -0.25) is 9.28 Å². The number of rotatable bonds is 7. The van der Waals surface area contributed by atoms with Crippen LogP contribution >= 0.6 is 0 Å². The van der Waals surface area contributed by atoms with Gasteiger partial charge in [0, 0.05) is 19.1 Å². The number of hydrogen-bond acceptors (Lipinski definition) is 6. The highest BCUT2D eigenvalue weighted by Crippen LogP contribution is 2.39. The second-order valence-corrected chi connectivity index (χ2v) is 10.8. The fraction of sp³-hybridized carbons (Fsp3) is 0.400. The number of quaternary nitrogens is 1. The number of amides is 1. The summed E-state index contributed by atoms with van der Waals surface area (Å²) in [6.07, 6.45) is 2.98. The Hall–Kier alpha value is -2.88. The van der Waals surface area contributed by atoms with Crippen LogP contribution in [-0.4, -0.2) is 63.1 Å². The van der Waals surface area contributed by atoms with Gasteiger partial charge in [0.15, 0.2) is 15.5 Å². The molecule has 0 radical (unpaired) electrons. The van der Waals surface area contributed by atoms with Gasteiger partial charge < -0.3 is 10.5 Å². The van der Waals surface area contributed by atoms with Crippen LogP contribution in [0.1, 0.15) is 37.2 Å². The maximum absolute atomic E-state index is 12.5. The average Bonchev–Trinajstić information content (AvgIpc) is 2.85. The summed E-state index contributed by atoms with van der Waals surface area (Å²) in [4.78, 5) is 12.7. The van der Waals surface area contributed by atoms with Gasteiger partial charge in [0.2, 0.25) is 5.69 Å². The van der Waals surface area contributed by atoms with Crippen molar-refractivity contribution in [3.8, 4) is 11.1 Å². The number of nitrogens with two attached hydrogens (primary N) is 1. The summed E-state index contributed by atoms with van der Waals surface area (Å²) >= 11 is 0. The molecule has 2 aromatic carbocycles. The zero-order chi connectivity index (χ0) is 24.5. The Labute approximate surface area is 200 Å². The Balaban J connectivity index is 1.89.